The molecule has 3 aromatic heterocycles. The monoisotopic (exact) mass is 467 g/mol. The van der Waals surface area contributed by atoms with E-state index in [-0.39, 0.29) is 5.56 Å². The summed E-state index contributed by atoms with van der Waals surface area (Å²) < 4.78 is 32.0. The molecule has 2 aliphatic rings. The lowest BCUT2D eigenvalue weighted by Crippen LogP contribution is -2.03. The summed E-state index contributed by atoms with van der Waals surface area (Å²) in [6.07, 6.45) is 11.2. The predicted molar refractivity (Wildman–Crippen MR) is 123 cm³/mol. The van der Waals surface area contributed by atoms with Gasteiger partial charge in [0.25, 0.3) is 0 Å². The van der Waals surface area contributed by atoms with E-state index < -0.39 is 11.6 Å². The molecular formula is C24H27F2N7O. The van der Waals surface area contributed by atoms with Gasteiger partial charge in [-0.3, -0.25) is 0 Å². The quantitative estimate of drug-likeness (QED) is 0.419. The number of aromatic nitrogens is 7. The number of ether oxygens (including phenoxy) is 1. The van der Waals surface area contributed by atoms with Gasteiger partial charge in [0.2, 0.25) is 0 Å². The Morgan fingerprint density at radius 2 is 1.62 bits per heavy atom. The van der Waals surface area contributed by atoms with Crippen molar-refractivity contribution in [3.63, 3.8) is 0 Å². The second-order valence-electron chi connectivity index (χ2n) is 8.17. The van der Waals surface area contributed by atoms with Crippen LogP contribution in [0.15, 0.2) is 36.9 Å². The lowest BCUT2D eigenvalue weighted by Gasteiger charge is -2.08. The zero-order valence-corrected chi connectivity index (χ0v) is 19.3. The average Bonchev–Trinajstić information content (AvgIpc) is 3.55. The molecule has 10 heteroatoms. The van der Waals surface area contributed by atoms with E-state index in [0.717, 1.165) is 30.7 Å². The molecule has 4 aromatic rings. The second kappa shape index (κ2) is 11.1. The van der Waals surface area contributed by atoms with Crippen LogP contribution in [0.1, 0.15) is 49.5 Å². The Labute approximate surface area is 196 Å². The number of fused-ring (bicyclic) bond motifs is 1. The number of rotatable bonds is 2. The first-order valence-electron chi connectivity index (χ1n) is 11.4. The van der Waals surface area contributed by atoms with Crippen LogP contribution in [0, 0.1) is 25.5 Å². The highest BCUT2D eigenvalue weighted by molar-refractivity contribution is 5.86. The molecule has 1 saturated heterocycles. The minimum absolute atomic E-state index is 0.177. The van der Waals surface area contributed by atoms with E-state index in [4.69, 9.17) is 4.74 Å². The van der Waals surface area contributed by atoms with Gasteiger partial charge in [-0.15, -0.1) is 0 Å². The molecule has 0 bridgehead atoms. The summed E-state index contributed by atoms with van der Waals surface area (Å²) in [5, 5.41) is 7.97. The molecule has 0 spiro atoms. The van der Waals surface area contributed by atoms with E-state index in [2.05, 4.69) is 30.1 Å². The fourth-order valence-corrected chi connectivity index (χ4v) is 3.33. The first-order chi connectivity index (χ1) is 16.5. The summed E-state index contributed by atoms with van der Waals surface area (Å²) in [5.74, 6) is -1.33. The summed E-state index contributed by atoms with van der Waals surface area (Å²) in [4.78, 5) is 18.5. The fourth-order valence-electron chi connectivity index (χ4n) is 3.33. The van der Waals surface area contributed by atoms with Crippen LogP contribution in [0.4, 0.5) is 8.78 Å². The molecule has 1 aromatic carbocycles. The van der Waals surface area contributed by atoms with Gasteiger partial charge in [-0.2, -0.15) is 15.0 Å². The SMILES string of the molecule is C1CCOCC1.Cc1nc2ncnc(-c3ccc(F)cc3F)c2nc1C.c1cnn(C2CC2)n1. The average molecular weight is 468 g/mol. The summed E-state index contributed by atoms with van der Waals surface area (Å²) >= 11 is 0. The molecular weight excluding hydrogens is 440 g/mol. The molecule has 1 aliphatic heterocycles. The van der Waals surface area contributed by atoms with Gasteiger partial charge in [-0.25, -0.2) is 28.7 Å². The van der Waals surface area contributed by atoms with Crippen molar-refractivity contribution in [1.29, 1.82) is 0 Å². The maximum absolute atomic E-state index is 13.9. The van der Waals surface area contributed by atoms with E-state index in [0.29, 0.717) is 22.9 Å². The normalized spacial score (nSPS) is 15.2. The summed E-state index contributed by atoms with van der Waals surface area (Å²) in [6, 6.07) is 3.96. The van der Waals surface area contributed by atoms with Gasteiger partial charge in [-0.05, 0) is 58.1 Å². The molecule has 0 radical (unpaired) electrons. The molecule has 1 saturated carbocycles. The van der Waals surface area contributed by atoms with Crippen LogP contribution >= 0.6 is 0 Å². The van der Waals surface area contributed by atoms with Crippen LogP contribution in [-0.2, 0) is 4.74 Å². The topological polar surface area (TPSA) is 91.5 Å². The van der Waals surface area contributed by atoms with Gasteiger partial charge in [0.15, 0.2) is 5.65 Å². The minimum Gasteiger partial charge on any atom is -0.381 e. The lowest BCUT2D eigenvalue weighted by molar-refractivity contribution is 0.0968. The van der Waals surface area contributed by atoms with E-state index in [9.17, 15) is 8.78 Å². The first-order valence-corrected chi connectivity index (χ1v) is 11.4. The van der Waals surface area contributed by atoms with Crippen LogP contribution in [-0.4, -0.2) is 48.1 Å². The van der Waals surface area contributed by atoms with Gasteiger partial charge < -0.3 is 4.74 Å². The van der Waals surface area contributed by atoms with Crippen LogP contribution in [0.3, 0.4) is 0 Å². The van der Waals surface area contributed by atoms with Crippen LogP contribution < -0.4 is 0 Å². The standard InChI is InChI=1S/C14H10F2N4.C5H7N3.C5H10O/c1-7-8(2)20-14-13(19-7)12(17-6-18-14)10-4-3-9(15)5-11(10)16;1-2-5(1)8-6-3-4-7-8;1-2-4-6-5-3-1/h3-6H,1-2H3;3-5H,1-2H2;1-5H2. The third kappa shape index (κ3) is 6.13. The summed E-state index contributed by atoms with van der Waals surface area (Å²) in [5.41, 5.74) is 2.75. The Morgan fingerprint density at radius 1 is 0.912 bits per heavy atom. The molecule has 0 N–H and O–H groups in total. The Morgan fingerprint density at radius 3 is 2.21 bits per heavy atom. The highest BCUT2D eigenvalue weighted by Gasteiger charge is 2.24. The molecule has 8 nitrogen and oxygen atoms in total. The summed E-state index contributed by atoms with van der Waals surface area (Å²) in [7, 11) is 0. The van der Waals surface area contributed by atoms with Gasteiger partial charge >= 0.3 is 0 Å². The highest BCUT2D eigenvalue weighted by atomic mass is 19.1. The third-order valence-corrected chi connectivity index (χ3v) is 5.45. The Bertz CT molecular complexity index is 1210. The first kappa shape index (κ1) is 23.7. The Kier molecular flexibility index (Phi) is 7.79. The molecule has 4 heterocycles. The number of halogens is 2. The van der Waals surface area contributed by atoms with Crippen molar-refractivity contribution >= 4 is 11.2 Å². The largest absolute Gasteiger partial charge is 0.381 e. The molecule has 34 heavy (non-hydrogen) atoms. The van der Waals surface area contributed by atoms with E-state index in [1.807, 2.05) is 6.92 Å². The number of benzene rings is 1. The molecule has 2 fully saturated rings. The fraction of sp³-hybridized carbons (Fsp3) is 0.417. The number of aryl methyl sites for hydroxylation is 2. The molecule has 0 atom stereocenters. The molecule has 6 rings (SSSR count). The molecule has 178 valence electrons. The molecule has 1 aliphatic carbocycles. The maximum atomic E-state index is 13.9. The Hall–Kier alpha value is -3.40. The van der Waals surface area contributed by atoms with E-state index in [1.54, 1.807) is 24.1 Å². The van der Waals surface area contributed by atoms with Gasteiger partial charge in [0.05, 0.1) is 29.8 Å². The number of hydrogen-bond acceptors (Lipinski definition) is 7. The predicted octanol–water partition coefficient (Wildman–Crippen LogP) is 4.78. The number of hydrogen-bond donors (Lipinski definition) is 0. The van der Waals surface area contributed by atoms with E-state index in [1.165, 1.54) is 50.6 Å². The van der Waals surface area contributed by atoms with Crippen molar-refractivity contribution < 1.29 is 13.5 Å². The molecule has 0 amide bonds. The van der Waals surface area contributed by atoms with Crippen molar-refractivity contribution in [3.05, 3.63) is 59.9 Å². The smallest absolute Gasteiger partial charge is 0.182 e. The zero-order chi connectivity index (χ0) is 23.9. The van der Waals surface area contributed by atoms with Gasteiger partial charge in [0.1, 0.15) is 29.2 Å². The van der Waals surface area contributed by atoms with Crippen molar-refractivity contribution in [2.24, 2.45) is 0 Å². The van der Waals surface area contributed by atoms with Crippen LogP contribution in [0.2, 0.25) is 0 Å². The maximum Gasteiger partial charge on any atom is 0.182 e. The minimum atomic E-state index is -0.690. The van der Waals surface area contributed by atoms with Crippen molar-refractivity contribution in [1.82, 2.24) is 34.9 Å². The highest BCUT2D eigenvalue weighted by Crippen LogP contribution is 2.32. The van der Waals surface area contributed by atoms with Gasteiger partial charge in [-0.1, -0.05) is 0 Å². The van der Waals surface area contributed by atoms with Crippen molar-refractivity contribution in [3.8, 4) is 11.3 Å². The third-order valence-electron chi connectivity index (χ3n) is 5.45. The van der Waals surface area contributed by atoms with E-state index >= 15 is 0 Å². The van der Waals surface area contributed by atoms with Crippen LogP contribution in [0.5, 0.6) is 0 Å². The number of nitrogens with zero attached hydrogens (tertiary/aromatic N) is 7. The zero-order valence-electron chi connectivity index (χ0n) is 19.3. The second-order valence-corrected chi connectivity index (χ2v) is 8.17. The van der Waals surface area contributed by atoms with Crippen molar-refractivity contribution in [2.75, 3.05) is 13.2 Å². The summed E-state index contributed by atoms with van der Waals surface area (Å²) in [6.45, 7) is 5.63. The lowest BCUT2D eigenvalue weighted by atomic mass is 10.1. The van der Waals surface area contributed by atoms with Gasteiger partial charge in [0, 0.05) is 24.8 Å². The molecule has 0 unspecified atom stereocenters. The van der Waals surface area contributed by atoms with Crippen molar-refractivity contribution in [2.45, 2.75) is 52.0 Å². The van der Waals surface area contributed by atoms with Crippen LogP contribution in [0.25, 0.3) is 22.4 Å². The Balaban J connectivity index is 0.000000158.